The number of piperidine rings is 1. The molecule has 3 atom stereocenters. The Morgan fingerprint density at radius 3 is 2.50 bits per heavy atom. The van der Waals surface area contributed by atoms with Crippen molar-refractivity contribution in [1.29, 1.82) is 0 Å². The molecule has 0 N–H and O–H groups in total. The molecule has 1 heterocycles. The number of likely N-dealkylation sites (tertiary alicyclic amines) is 1. The fourth-order valence-corrected chi connectivity index (χ4v) is 3.28. The van der Waals surface area contributed by atoms with Crippen LogP contribution in [0.2, 0.25) is 0 Å². The van der Waals surface area contributed by atoms with Crippen molar-refractivity contribution in [3.8, 4) is 0 Å². The Morgan fingerprint density at radius 2 is 1.92 bits per heavy atom. The predicted molar refractivity (Wildman–Crippen MR) is 85.3 cm³/mol. The first kappa shape index (κ1) is 18.8. The van der Waals surface area contributed by atoms with Crippen molar-refractivity contribution < 1.29 is 22.7 Å². The van der Waals surface area contributed by atoms with E-state index in [0.29, 0.717) is 6.54 Å². The number of halogens is 3. The number of benzene rings is 1. The summed E-state index contributed by atoms with van der Waals surface area (Å²) in [4.78, 5) is 13.6. The Hall–Kier alpha value is -1.56. The second kappa shape index (κ2) is 7.55. The van der Waals surface area contributed by atoms with E-state index >= 15 is 0 Å². The van der Waals surface area contributed by atoms with Crippen LogP contribution >= 0.6 is 0 Å². The summed E-state index contributed by atoms with van der Waals surface area (Å²) in [5, 5.41) is 0. The third-order valence-corrected chi connectivity index (χ3v) is 4.57. The van der Waals surface area contributed by atoms with Gasteiger partial charge in [-0.15, -0.1) is 0 Å². The van der Waals surface area contributed by atoms with Gasteiger partial charge in [0, 0.05) is 12.6 Å². The summed E-state index contributed by atoms with van der Waals surface area (Å²) in [6, 6.07) is 3.35. The summed E-state index contributed by atoms with van der Waals surface area (Å²) < 4.78 is 47.7. The normalized spacial score (nSPS) is 23.8. The number of esters is 1. The molecule has 134 valence electrons. The zero-order chi connectivity index (χ0) is 17.9. The van der Waals surface area contributed by atoms with Crippen LogP contribution in [0.25, 0.3) is 0 Å². The van der Waals surface area contributed by atoms with E-state index in [2.05, 4.69) is 4.74 Å². The Balaban J connectivity index is 2.44. The highest BCUT2D eigenvalue weighted by Gasteiger charge is 2.53. The minimum atomic E-state index is -3.71. The molecule has 0 radical (unpaired) electrons. The predicted octanol–water partition coefficient (Wildman–Crippen LogP) is 4.19. The zero-order valence-electron chi connectivity index (χ0n) is 14.3. The molecule has 0 aliphatic carbocycles. The molecule has 0 saturated carbocycles. The summed E-state index contributed by atoms with van der Waals surface area (Å²) in [5.74, 6) is -5.50. The second-order valence-corrected chi connectivity index (χ2v) is 6.53. The molecule has 1 aromatic rings. The zero-order valence-corrected chi connectivity index (χ0v) is 14.3. The summed E-state index contributed by atoms with van der Waals surface area (Å²) in [6.45, 7) is 5.72. The lowest BCUT2D eigenvalue weighted by Crippen LogP contribution is -2.52. The number of hydrogen-bond donors (Lipinski definition) is 0. The molecule has 2 rings (SSSR count). The van der Waals surface area contributed by atoms with Crippen LogP contribution in [0, 0.1) is 11.7 Å². The SMILES string of the molecule is CCOC(=O)C(F)(F)C(c1ccc(F)cc1)N1C[C@H](C)CC[C@H]1C. The van der Waals surface area contributed by atoms with Gasteiger partial charge in [0.05, 0.1) is 6.61 Å². The van der Waals surface area contributed by atoms with Gasteiger partial charge in [-0.3, -0.25) is 4.90 Å². The molecule has 0 amide bonds. The molecule has 0 bridgehead atoms. The van der Waals surface area contributed by atoms with Crippen LogP contribution in [0.5, 0.6) is 0 Å². The van der Waals surface area contributed by atoms with Crippen LogP contribution in [-0.4, -0.2) is 36.0 Å². The first-order chi connectivity index (χ1) is 11.3. The maximum Gasteiger partial charge on any atom is 0.379 e. The highest BCUT2D eigenvalue weighted by molar-refractivity contribution is 5.79. The quantitative estimate of drug-likeness (QED) is 0.751. The molecule has 1 aliphatic rings. The monoisotopic (exact) mass is 343 g/mol. The highest BCUT2D eigenvalue weighted by atomic mass is 19.3. The minimum Gasteiger partial charge on any atom is -0.462 e. The maximum atomic E-state index is 14.9. The topological polar surface area (TPSA) is 29.5 Å². The smallest absolute Gasteiger partial charge is 0.379 e. The van der Waals surface area contributed by atoms with Crippen LogP contribution in [0.1, 0.15) is 45.2 Å². The Bertz CT molecular complexity index is 562. The molecule has 1 unspecified atom stereocenters. The van der Waals surface area contributed by atoms with E-state index in [1.807, 2.05) is 13.8 Å². The van der Waals surface area contributed by atoms with Crippen molar-refractivity contribution in [3.63, 3.8) is 0 Å². The maximum absolute atomic E-state index is 14.9. The third-order valence-electron chi connectivity index (χ3n) is 4.57. The lowest BCUT2D eigenvalue weighted by molar-refractivity contribution is -0.186. The van der Waals surface area contributed by atoms with E-state index in [1.54, 1.807) is 4.90 Å². The van der Waals surface area contributed by atoms with Crippen LogP contribution in [0.4, 0.5) is 13.2 Å². The highest BCUT2D eigenvalue weighted by Crippen LogP contribution is 2.41. The number of ether oxygens (including phenoxy) is 1. The van der Waals surface area contributed by atoms with E-state index in [9.17, 15) is 18.0 Å². The average Bonchev–Trinajstić information content (AvgIpc) is 2.53. The van der Waals surface area contributed by atoms with Crippen LogP contribution in [0.3, 0.4) is 0 Å². The number of hydrogen-bond acceptors (Lipinski definition) is 3. The van der Waals surface area contributed by atoms with Gasteiger partial charge in [-0.2, -0.15) is 8.78 Å². The van der Waals surface area contributed by atoms with Crippen molar-refractivity contribution in [1.82, 2.24) is 4.90 Å². The van der Waals surface area contributed by atoms with Gasteiger partial charge in [-0.1, -0.05) is 19.1 Å². The van der Waals surface area contributed by atoms with Crippen LogP contribution in [-0.2, 0) is 9.53 Å². The molecule has 1 aromatic carbocycles. The van der Waals surface area contributed by atoms with Crippen molar-refractivity contribution >= 4 is 5.97 Å². The lowest BCUT2D eigenvalue weighted by Gasteiger charge is -2.44. The molecule has 0 aromatic heterocycles. The molecular formula is C18H24F3NO2. The number of carbonyl (C=O) groups is 1. The summed E-state index contributed by atoms with van der Waals surface area (Å²) in [6.07, 6.45) is 1.73. The lowest BCUT2D eigenvalue weighted by atomic mass is 9.89. The summed E-state index contributed by atoms with van der Waals surface area (Å²) in [5.41, 5.74) is 0.218. The Morgan fingerprint density at radius 1 is 1.29 bits per heavy atom. The van der Waals surface area contributed by atoms with Gasteiger partial charge in [0.25, 0.3) is 0 Å². The van der Waals surface area contributed by atoms with Crippen molar-refractivity contribution in [2.75, 3.05) is 13.2 Å². The van der Waals surface area contributed by atoms with Gasteiger partial charge in [-0.05, 0) is 50.3 Å². The molecular weight excluding hydrogens is 319 g/mol. The molecule has 24 heavy (non-hydrogen) atoms. The molecule has 1 saturated heterocycles. The summed E-state index contributed by atoms with van der Waals surface area (Å²) >= 11 is 0. The fraction of sp³-hybridized carbons (Fsp3) is 0.611. The van der Waals surface area contributed by atoms with Crippen molar-refractivity contribution in [2.45, 2.75) is 51.6 Å². The average molecular weight is 343 g/mol. The van der Waals surface area contributed by atoms with Gasteiger partial charge in [-0.25, -0.2) is 9.18 Å². The number of rotatable bonds is 5. The van der Waals surface area contributed by atoms with E-state index < -0.39 is 23.8 Å². The first-order valence-electron chi connectivity index (χ1n) is 8.33. The van der Waals surface area contributed by atoms with E-state index in [0.717, 1.165) is 25.0 Å². The molecule has 1 fully saturated rings. The Labute approximate surface area is 140 Å². The number of carbonyl (C=O) groups excluding carboxylic acids is 1. The standard InChI is InChI=1S/C18H24F3NO2/c1-4-24-17(23)18(20,21)16(14-7-9-15(19)10-8-14)22-11-12(2)5-6-13(22)3/h7-10,12-13,16H,4-6,11H2,1-3H3/t12-,13-,16?/m1/s1. The van der Waals surface area contributed by atoms with E-state index in [-0.39, 0.29) is 24.1 Å². The third kappa shape index (κ3) is 3.91. The van der Waals surface area contributed by atoms with E-state index in [4.69, 9.17) is 0 Å². The molecule has 3 nitrogen and oxygen atoms in total. The van der Waals surface area contributed by atoms with Gasteiger partial charge in [0.2, 0.25) is 0 Å². The molecule has 6 heteroatoms. The first-order valence-corrected chi connectivity index (χ1v) is 8.33. The van der Waals surface area contributed by atoms with Gasteiger partial charge in [0.15, 0.2) is 0 Å². The molecule has 1 aliphatic heterocycles. The largest absolute Gasteiger partial charge is 0.462 e. The van der Waals surface area contributed by atoms with Gasteiger partial charge in [0.1, 0.15) is 11.9 Å². The Kier molecular flexibility index (Phi) is 5.91. The minimum absolute atomic E-state index is 0.100. The van der Waals surface area contributed by atoms with Crippen LogP contribution < -0.4 is 0 Å². The molecule has 0 spiro atoms. The fourth-order valence-electron chi connectivity index (χ4n) is 3.28. The van der Waals surface area contributed by atoms with Crippen molar-refractivity contribution in [2.24, 2.45) is 5.92 Å². The second-order valence-electron chi connectivity index (χ2n) is 6.53. The van der Waals surface area contributed by atoms with Crippen molar-refractivity contribution in [3.05, 3.63) is 35.6 Å². The van der Waals surface area contributed by atoms with Gasteiger partial charge >= 0.3 is 11.9 Å². The number of alkyl halides is 2. The number of nitrogens with zero attached hydrogens (tertiary/aromatic N) is 1. The van der Waals surface area contributed by atoms with Crippen LogP contribution in [0.15, 0.2) is 24.3 Å². The summed E-state index contributed by atoms with van der Waals surface area (Å²) in [7, 11) is 0. The van der Waals surface area contributed by atoms with Gasteiger partial charge < -0.3 is 4.74 Å². The van der Waals surface area contributed by atoms with E-state index in [1.165, 1.54) is 19.1 Å².